The van der Waals surface area contributed by atoms with E-state index in [1.54, 1.807) is 0 Å². The van der Waals surface area contributed by atoms with Crippen molar-refractivity contribution in [1.29, 1.82) is 0 Å². The second-order valence-corrected chi connectivity index (χ2v) is 4.80. The summed E-state index contributed by atoms with van der Waals surface area (Å²) in [4.78, 5) is 0. The predicted molar refractivity (Wildman–Crippen MR) is 54.0 cm³/mol. The molecular formula is C10H15ClO5. The molecule has 92 valence electrons. The Hall–Kier alpha value is 0.0900. The summed E-state index contributed by atoms with van der Waals surface area (Å²) < 4.78 is 27.6. The molecule has 0 radical (unpaired) electrons. The van der Waals surface area contributed by atoms with E-state index in [1.165, 1.54) is 0 Å². The van der Waals surface area contributed by atoms with Gasteiger partial charge in [-0.3, -0.25) is 0 Å². The Morgan fingerprint density at radius 3 is 2.38 bits per heavy atom. The van der Waals surface area contributed by atoms with Gasteiger partial charge in [-0.1, -0.05) is 0 Å². The third-order valence-corrected chi connectivity index (χ3v) is 3.59. The lowest BCUT2D eigenvalue weighted by Crippen LogP contribution is -2.37. The molecule has 0 spiro atoms. The molecule has 0 aromatic rings. The first-order valence-electron chi connectivity index (χ1n) is 5.52. The van der Waals surface area contributed by atoms with Gasteiger partial charge in [-0.25, -0.2) is 0 Å². The van der Waals surface area contributed by atoms with E-state index in [0.717, 1.165) is 0 Å². The van der Waals surface area contributed by atoms with E-state index in [0.29, 0.717) is 6.61 Å². The van der Waals surface area contributed by atoms with Crippen LogP contribution >= 0.6 is 11.6 Å². The van der Waals surface area contributed by atoms with Gasteiger partial charge in [-0.15, -0.1) is 11.6 Å². The van der Waals surface area contributed by atoms with Crippen molar-refractivity contribution in [1.82, 2.24) is 0 Å². The summed E-state index contributed by atoms with van der Waals surface area (Å²) in [6, 6.07) is 0. The van der Waals surface area contributed by atoms with Gasteiger partial charge in [0.1, 0.15) is 18.3 Å². The van der Waals surface area contributed by atoms with Crippen LogP contribution in [0.2, 0.25) is 0 Å². The lowest BCUT2D eigenvalue weighted by Gasteiger charge is -2.21. The van der Waals surface area contributed by atoms with Crippen molar-refractivity contribution >= 4 is 11.6 Å². The SMILES string of the molecule is CC1OCC(C2OC3OC(C)OC3C2Cl)O1. The average Bonchev–Trinajstić information content (AvgIpc) is 2.85. The monoisotopic (exact) mass is 250 g/mol. The molecule has 5 nitrogen and oxygen atoms in total. The Kier molecular flexibility index (Phi) is 2.86. The number of rotatable bonds is 1. The van der Waals surface area contributed by atoms with E-state index in [4.69, 9.17) is 35.3 Å². The van der Waals surface area contributed by atoms with Crippen LogP contribution in [0.4, 0.5) is 0 Å². The van der Waals surface area contributed by atoms with Crippen LogP contribution in [-0.2, 0) is 23.7 Å². The maximum Gasteiger partial charge on any atom is 0.188 e. The first-order chi connectivity index (χ1) is 7.65. The van der Waals surface area contributed by atoms with Gasteiger partial charge >= 0.3 is 0 Å². The highest BCUT2D eigenvalue weighted by Gasteiger charge is 2.54. The maximum atomic E-state index is 6.31. The van der Waals surface area contributed by atoms with E-state index in [9.17, 15) is 0 Å². The van der Waals surface area contributed by atoms with Crippen molar-refractivity contribution in [3.8, 4) is 0 Å². The molecule has 3 aliphatic rings. The molecule has 0 aliphatic carbocycles. The number of ether oxygens (including phenoxy) is 5. The van der Waals surface area contributed by atoms with Crippen LogP contribution in [0.5, 0.6) is 0 Å². The Labute approximate surface area is 98.9 Å². The molecule has 0 N–H and O–H groups in total. The summed E-state index contributed by atoms with van der Waals surface area (Å²) >= 11 is 6.31. The Morgan fingerprint density at radius 2 is 1.75 bits per heavy atom. The molecule has 0 saturated carbocycles. The van der Waals surface area contributed by atoms with E-state index < -0.39 is 0 Å². The molecule has 0 aromatic carbocycles. The van der Waals surface area contributed by atoms with Crippen LogP contribution in [0.25, 0.3) is 0 Å². The van der Waals surface area contributed by atoms with E-state index in [2.05, 4.69) is 0 Å². The minimum atomic E-state index is -0.373. The molecule has 0 bridgehead atoms. The second kappa shape index (κ2) is 4.08. The highest BCUT2D eigenvalue weighted by molar-refractivity contribution is 6.21. The van der Waals surface area contributed by atoms with Crippen LogP contribution in [0.1, 0.15) is 13.8 Å². The van der Waals surface area contributed by atoms with Gasteiger partial charge in [0.15, 0.2) is 18.9 Å². The smallest absolute Gasteiger partial charge is 0.188 e. The molecule has 3 heterocycles. The van der Waals surface area contributed by atoms with Crippen LogP contribution in [0.3, 0.4) is 0 Å². The summed E-state index contributed by atoms with van der Waals surface area (Å²) in [7, 11) is 0. The first kappa shape index (κ1) is 11.2. The molecule has 3 fully saturated rings. The first-order valence-corrected chi connectivity index (χ1v) is 5.96. The van der Waals surface area contributed by atoms with Gasteiger partial charge in [0.05, 0.1) is 12.0 Å². The van der Waals surface area contributed by atoms with Gasteiger partial charge in [0, 0.05) is 0 Å². The summed E-state index contributed by atoms with van der Waals surface area (Å²) in [6.07, 6.45) is -1.39. The standard InChI is InChI=1S/C10H15ClO5/c1-4-12-3-6(13-4)8-7(11)9-10(16-8)15-5(2)14-9/h4-10H,3H2,1-2H3. The highest BCUT2D eigenvalue weighted by atomic mass is 35.5. The van der Waals surface area contributed by atoms with Crippen molar-refractivity contribution in [3.05, 3.63) is 0 Å². The summed E-state index contributed by atoms with van der Waals surface area (Å²) in [5, 5.41) is -0.256. The summed E-state index contributed by atoms with van der Waals surface area (Å²) in [5.74, 6) is 0. The van der Waals surface area contributed by atoms with Gasteiger partial charge in [0.2, 0.25) is 0 Å². The molecular weight excluding hydrogens is 236 g/mol. The molecule has 6 heteroatoms. The number of hydrogen-bond donors (Lipinski definition) is 0. The summed E-state index contributed by atoms with van der Waals surface area (Å²) in [5.41, 5.74) is 0. The topological polar surface area (TPSA) is 46.2 Å². The van der Waals surface area contributed by atoms with Crippen molar-refractivity contribution in [2.75, 3.05) is 6.61 Å². The zero-order chi connectivity index (χ0) is 11.3. The van der Waals surface area contributed by atoms with Crippen LogP contribution in [-0.4, -0.2) is 49.2 Å². The normalized spacial score (nSPS) is 56.8. The largest absolute Gasteiger partial charge is 0.350 e. The minimum absolute atomic E-state index is 0.134. The van der Waals surface area contributed by atoms with Crippen molar-refractivity contribution < 1.29 is 23.7 Å². The lowest BCUT2D eigenvalue weighted by molar-refractivity contribution is -0.170. The van der Waals surface area contributed by atoms with Gasteiger partial charge < -0.3 is 23.7 Å². The summed E-state index contributed by atoms with van der Waals surface area (Å²) in [6.45, 7) is 4.19. The zero-order valence-electron chi connectivity index (χ0n) is 9.17. The molecule has 3 saturated heterocycles. The Balaban J connectivity index is 1.67. The fourth-order valence-electron chi connectivity index (χ4n) is 2.36. The molecule has 3 rings (SSSR count). The predicted octanol–water partition coefficient (Wildman–Crippen LogP) is 0.841. The average molecular weight is 251 g/mol. The van der Waals surface area contributed by atoms with Crippen molar-refractivity contribution in [2.45, 2.75) is 56.4 Å². The van der Waals surface area contributed by atoms with Crippen LogP contribution in [0.15, 0.2) is 0 Å². The fourth-order valence-corrected chi connectivity index (χ4v) is 2.76. The fraction of sp³-hybridized carbons (Fsp3) is 1.00. The van der Waals surface area contributed by atoms with Crippen molar-refractivity contribution in [2.24, 2.45) is 0 Å². The van der Waals surface area contributed by atoms with E-state index in [-0.39, 0.29) is 42.6 Å². The molecule has 7 atom stereocenters. The molecule has 3 aliphatic heterocycles. The Bertz CT molecular complexity index is 276. The third-order valence-electron chi connectivity index (χ3n) is 3.09. The molecule has 16 heavy (non-hydrogen) atoms. The third kappa shape index (κ3) is 1.75. The second-order valence-electron chi connectivity index (χ2n) is 4.29. The van der Waals surface area contributed by atoms with Crippen LogP contribution in [0, 0.1) is 0 Å². The molecule has 7 unspecified atom stereocenters. The minimum Gasteiger partial charge on any atom is -0.350 e. The number of fused-ring (bicyclic) bond motifs is 1. The molecule has 0 amide bonds. The quantitative estimate of drug-likeness (QED) is 0.646. The van der Waals surface area contributed by atoms with E-state index >= 15 is 0 Å². The number of alkyl halides is 1. The zero-order valence-corrected chi connectivity index (χ0v) is 9.92. The lowest BCUT2D eigenvalue weighted by atomic mass is 10.1. The van der Waals surface area contributed by atoms with Crippen molar-refractivity contribution in [3.63, 3.8) is 0 Å². The highest BCUT2D eigenvalue weighted by Crippen LogP contribution is 2.38. The number of halogens is 1. The van der Waals surface area contributed by atoms with Gasteiger partial charge in [-0.05, 0) is 13.8 Å². The maximum absolute atomic E-state index is 6.31. The van der Waals surface area contributed by atoms with E-state index in [1.807, 2.05) is 13.8 Å². The van der Waals surface area contributed by atoms with Gasteiger partial charge in [-0.2, -0.15) is 0 Å². The van der Waals surface area contributed by atoms with Gasteiger partial charge in [0.25, 0.3) is 0 Å². The Morgan fingerprint density at radius 1 is 0.938 bits per heavy atom. The molecule has 0 aromatic heterocycles. The van der Waals surface area contributed by atoms with Crippen LogP contribution < -0.4 is 0 Å². The number of hydrogen-bond acceptors (Lipinski definition) is 5.